The smallest absolute Gasteiger partial charge is 0.371 e. The number of rotatable bonds is 8. The second kappa shape index (κ2) is 6.43. The van der Waals surface area contributed by atoms with Crippen molar-refractivity contribution >= 4 is 8.56 Å². The summed E-state index contributed by atoms with van der Waals surface area (Å²) in [5.41, 5.74) is 0.0598. The van der Waals surface area contributed by atoms with Gasteiger partial charge in [0.15, 0.2) is 0 Å². The van der Waals surface area contributed by atoms with Crippen molar-refractivity contribution < 1.29 is 14.0 Å². The molecule has 0 heterocycles. The lowest BCUT2D eigenvalue weighted by atomic mass is 9.69. The molecule has 3 nitrogen and oxygen atoms in total. The van der Waals surface area contributed by atoms with Crippen molar-refractivity contribution in [1.82, 2.24) is 0 Å². The molecular weight excluding hydrogens is 304 g/mol. The Kier molecular flexibility index (Phi) is 5.43. The predicted molar refractivity (Wildman–Crippen MR) is 97.4 cm³/mol. The highest BCUT2D eigenvalue weighted by atomic mass is 28.4. The van der Waals surface area contributed by atoms with E-state index in [1.807, 2.05) is 13.8 Å². The molecule has 3 atom stereocenters. The van der Waals surface area contributed by atoms with E-state index in [0.717, 1.165) is 25.3 Å². The maximum Gasteiger partial charge on any atom is 0.371 e. The fourth-order valence-electron chi connectivity index (χ4n) is 5.43. The first-order valence-electron chi connectivity index (χ1n) is 9.60. The SMILES string of the molecule is CCO[Si](CCC(C)C)(OCC)C1(O)CC2CCC1(C)C2(C)C. The summed E-state index contributed by atoms with van der Waals surface area (Å²) in [5, 5.41) is 11.3. The minimum atomic E-state index is -2.71. The van der Waals surface area contributed by atoms with Crippen molar-refractivity contribution in [1.29, 1.82) is 0 Å². The Bertz CT molecular complexity index is 417. The van der Waals surface area contributed by atoms with Crippen molar-refractivity contribution in [3.8, 4) is 0 Å². The Morgan fingerprint density at radius 1 is 1.13 bits per heavy atom. The van der Waals surface area contributed by atoms with Gasteiger partial charge < -0.3 is 14.0 Å². The number of aliphatic hydroxyl groups is 1. The molecule has 0 aromatic carbocycles. The van der Waals surface area contributed by atoms with E-state index in [1.165, 1.54) is 6.42 Å². The van der Waals surface area contributed by atoms with Gasteiger partial charge in [0.05, 0.1) is 0 Å². The maximum absolute atomic E-state index is 12.1. The van der Waals surface area contributed by atoms with E-state index >= 15 is 0 Å². The summed E-state index contributed by atoms with van der Waals surface area (Å²) < 4.78 is 12.8. The van der Waals surface area contributed by atoms with E-state index in [0.29, 0.717) is 25.0 Å². The molecule has 2 saturated carbocycles. The number of fused-ring (bicyclic) bond motifs is 2. The third-order valence-corrected chi connectivity index (χ3v) is 11.8. The van der Waals surface area contributed by atoms with Crippen LogP contribution in [0.1, 0.15) is 74.1 Å². The van der Waals surface area contributed by atoms with Crippen LogP contribution in [-0.2, 0) is 8.85 Å². The molecule has 0 spiro atoms. The molecule has 1 N–H and O–H groups in total. The highest BCUT2D eigenvalue weighted by molar-refractivity contribution is 6.70. The van der Waals surface area contributed by atoms with E-state index in [4.69, 9.17) is 8.85 Å². The number of hydrogen-bond acceptors (Lipinski definition) is 3. The largest absolute Gasteiger partial charge is 0.393 e. The van der Waals surface area contributed by atoms with Gasteiger partial charge in [0.1, 0.15) is 5.22 Å². The van der Waals surface area contributed by atoms with Crippen LogP contribution in [-0.4, -0.2) is 32.1 Å². The zero-order valence-corrected chi connectivity index (χ0v) is 17.4. The second-order valence-corrected chi connectivity index (χ2v) is 12.3. The minimum absolute atomic E-state index is 0.0990. The molecule has 3 unspecified atom stereocenters. The van der Waals surface area contributed by atoms with Crippen LogP contribution in [0.4, 0.5) is 0 Å². The molecule has 2 aliphatic carbocycles. The second-order valence-electron chi connectivity index (χ2n) is 8.91. The fourth-order valence-corrected chi connectivity index (χ4v) is 10.4. The van der Waals surface area contributed by atoms with E-state index in [9.17, 15) is 5.11 Å². The summed E-state index contributed by atoms with van der Waals surface area (Å²) in [6.07, 6.45) is 4.26. The summed E-state index contributed by atoms with van der Waals surface area (Å²) in [6, 6.07) is 0.904. The summed E-state index contributed by atoms with van der Waals surface area (Å²) in [5.74, 6) is 1.19. The van der Waals surface area contributed by atoms with Gasteiger partial charge in [-0.2, -0.15) is 0 Å². The molecular formula is C19H38O3Si. The van der Waals surface area contributed by atoms with Crippen molar-refractivity contribution in [2.45, 2.75) is 85.4 Å². The van der Waals surface area contributed by atoms with Gasteiger partial charge in [-0.25, -0.2) is 0 Å². The van der Waals surface area contributed by atoms with Gasteiger partial charge in [0.25, 0.3) is 0 Å². The summed E-state index contributed by atoms with van der Waals surface area (Å²) >= 11 is 0. The third kappa shape index (κ3) is 2.64. The first kappa shape index (κ1) is 19.4. The van der Waals surface area contributed by atoms with Crippen LogP contribution in [0.2, 0.25) is 6.04 Å². The molecule has 2 fully saturated rings. The Morgan fingerprint density at radius 3 is 2.04 bits per heavy atom. The van der Waals surface area contributed by atoms with E-state index in [-0.39, 0.29) is 10.8 Å². The zero-order chi connectivity index (χ0) is 17.5. The minimum Gasteiger partial charge on any atom is -0.393 e. The molecule has 4 heteroatoms. The van der Waals surface area contributed by atoms with Crippen molar-refractivity contribution in [2.75, 3.05) is 13.2 Å². The molecule has 0 saturated heterocycles. The fraction of sp³-hybridized carbons (Fsp3) is 1.00. The first-order chi connectivity index (χ1) is 10.6. The van der Waals surface area contributed by atoms with Gasteiger partial charge in [0, 0.05) is 18.6 Å². The third-order valence-electron chi connectivity index (χ3n) is 7.33. The predicted octanol–water partition coefficient (Wildman–Crippen LogP) is 4.66. The molecule has 136 valence electrons. The number of hydrogen-bond donors (Lipinski definition) is 1. The lowest BCUT2D eigenvalue weighted by Crippen LogP contribution is -2.69. The molecule has 0 aromatic rings. The summed E-state index contributed by atoms with van der Waals surface area (Å²) in [7, 11) is -2.71. The molecule has 2 bridgehead atoms. The zero-order valence-electron chi connectivity index (χ0n) is 16.4. The Balaban J connectivity index is 2.45. The maximum atomic E-state index is 12.1. The lowest BCUT2D eigenvalue weighted by molar-refractivity contribution is -0.0702. The van der Waals surface area contributed by atoms with Gasteiger partial charge >= 0.3 is 8.56 Å². The van der Waals surface area contributed by atoms with Crippen molar-refractivity contribution in [3.63, 3.8) is 0 Å². The van der Waals surface area contributed by atoms with Crippen LogP contribution >= 0.6 is 0 Å². The topological polar surface area (TPSA) is 38.7 Å². The van der Waals surface area contributed by atoms with Crippen LogP contribution in [0.25, 0.3) is 0 Å². The van der Waals surface area contributed by atoms with Crippen LogP contribution in [0.5, 0.6) is 0 Å². The van der Waals surface area contributed by atoms with E-state index in [1.54, 1.807) is 0 Å². The van der Waals surface area contributed by atoms with Gasteiger partial charge in [-0.3, -0.25) is 0 Å². The van der Waals surface area contributed by atoms with Gasteiger partial charge in [0.2, 0.25) is 0 Å². The van der Waals surface area contributed by atoms with Crippen LogP contribution in [0, 0.1) is 22.7 Å². The van der Waals surface area contributed by atoms with E-state index in [2.05, 4.69) is 34.6 Å². The lowest BCUT2D eigenvalue weighted by Gasteiger charge is -2.53. The average Bonchev–Trinajstić information content (AvgIpc) is 2.77. The quantitative estimate of drug-likeness (QED) is 0.652. The van der Waals surface area contributed by atoms with E-state index < -0.39 is 13.8 Å². The Labute approximate surface area is 144 Å². The highest BCUT2D eigenvalue weighted by Gasteiger charge is 2.77. The Morgan fingerprint density at radius 2 is 1.70 bits per heavy atom. The van der Waals surface area contributed by atoms with Crippen molar-refractivity contribution in [3.05, 3.63) is 0 Å². The summed E-state index contributed by atoms with van der Waals surface area (Å²) in [6.45, 7) is 16.8. The molecule has 0 amide bonds. The normalized spacial score (nSPS) is 36.1. The Hall–Kier alpha value is 0.0969. The van der Waals surface area contributed by atoms with Crippen LogP contribution in [0.3, 0.4) is 0 Å². The molecule has 0 aromatic heterocycles. The molecule has 0 radical (unpaired) electrons. The molecule has 23 heavy (non-hydrogen) atoms. The molecule has 0 aliphatic heterocycles. The van der Waals surface area contributed by atoms with Gasteiger partial charge in [-0.1, -0.05) is 34.6 Å². The van der Waals surface area contributed by atoms with Gasteiger partial charge in [-0.05, 0) is 62.8 Å². The monoisotopic (exact) mass is 342 g/mol. The standard InChI is InChI=1S/C19H38O3Si/c1-8-21-23(22-9-2,13-11-15(3)4)19(20)14-16-10-12-18(19,7)17(16,5)6/h15-16,20H,8-14H2,1-7H3. The average molecular weight is 343 g/mol. The van der Waals surface area contributed by atoms with Crippen LogP contribution < -0.4 is 0 Å². The summed E-state index contributed by atoms with van der Waals surface area (Å²) in [4.78, 5) is 0. The first-order valence-corrected chi connectivity index (χ1v) is 11.6. The van der Waals surface area contributed by atoms with Crippen molar-refractivity contribution in [2.24, 2.45) is 22.7 Å². The molecule has 2 aliphatic rings. The van der Waals surface area contributed by atoms with Crippen LogP contribution in [0.15, 0.2) is 0 Å². The molecule has 2 rings (SSSR count). The van der Waals surface area contributed by atoms with Gasteiger partial charge in [-0.15, -0.1) is 0 Å². The highest BCUT2D eigenvalue weighted by Crippen LogP contribution is 2.72.